The van der Waals surface area contributed by atoms with E-state index in [9.17, 15) is 0 Å². The third kappa shape index (κ3) is 9.00. The quantitative estimate of drug-likeness (QED) is 0.440. The number of unbranched alkanes of at least 4 members (excludes halogenated alkanes) is 2. The normalized spacial score (nSPS) is 9.38. The molecule has 0 aliphatic heterocycles. The summed E-state index contributed by atoms with van der Waals surface area (Å²) in [6, 6.07) is 4.26. The van der Waals surface area contributed by atoms with Crippen LogP contribution in [0.1, 0.15) is 32.1 Å². The van der Waals surface area contributed by atoms with Crippen LogP contribution in [-0.4, -0.2) is 31.1 Å². The molecular formula is C12H18N4. The third-order valence-corrected chi connectivity index (χ3v) is 2.27. The standard InChI is InChI=1S/C12H18N4/c1-15-9-6-12-16(10-4-2-7-13)11-5-3-8-14/h2-6,9-12H2. The molecule has 0 atom stereocenters. The Bertz CT molecular complexity index is 231. The molecule has 0 aliphatic carbocycles. The lowest BCUT2D eigenvalue weighted by atomic mass is 10.2. The molecule has 0 bridgehead atoms. The Morgan fingerprint density at radius 2 is 1.44 bits per heavy atom. The van der Waals surface area contributed by atoms with Crippen LogP contribution in [0.4, 0.5) is 0 Å². The zero-order chi connectivity index (χ0) is 12.1. The predicted octanol–water partition coefficient (Wildman–Crippen LogP) is 2.21. The van der Waals surface area contributed by atoms with Gasteiger partial charge < -0.3 is 9.74 Å². The van der Waals surface area contributed by atoms with Crippen molar-refractivity contribution in [2.45, 2.75) is 32.1 Å². The minimum atomic E-state index is 0.562. The zero-order valence-corrected chi connectivity index (χ0v) is 9.65. The summed E-state index contributed by atoms with van der Waals surface area (Å²) in [6.07, 6.45) is 3.79. The van der Waals surface area contributed by atoms with Crippen molar-refractivity contribution in [3.05, 3.63) is 11.4 Å². The van der Waals surface area contributed by atoms with E-state index in [1.807, 2.05) is 0 Å². The van der Waals surface area contributed by atoms with Gasteiger partial charge in [-0.15, -0.1) is 0 Å². The number of nitrogens with zero attached hydrogens (tertiary/aromatic N) is 4. The van der Waals surface area contributed by atoms with E-state index in [-0.39, 0.29) is 0 Å². The number of hydrogen-bond donors (Lipinski definition) is 0. The van der Waals surface area contributed by atoms with E-state index in [2.05, 4.69) is 21.9 Å². The van der Waals surface area contributed by atoms with Crippen molar-refractivity contribution in [1.29, 1.82) is 10.5 Å². The summed E-state index contributed by atoms with van der Waals surface area (Å²) in [4.78, 5) is 5.57. The molecule has 16 heavy (non-hydrogen) atoms. The highest BCUT2D eigenvalue weighted by Crippen LogP contribution is 2.00. The second kappa shape index (κ2) is 11.5. The largest absolute Gasteiger partial charge is 0.317 e. The monoisotopic (exact) mass is 218 g/mol. The van der Waals surface area contributed by atoms with Crippen LogP contribution in [0.5, 0.6) is 0 Å². The average molecular weight is 218 g/mol. The molecule has 0 rings (SSSR count). The first-order chi connectivity index (χ1) is 7.85. The van der Waals surface area contributed by atoms with Gasteiger partial charge in [-0.05, 0) is 25.9 Å². The Balaban J connectivity index is 3.73. The van der Waals surface area contributed by atoms with E-state index in [0.29, 0.717) is 19.4 Å². The van der Waals surface area contributed by atoms with E-state index in [0.717, 1.165) is 38.9 Å². The molecule has 0 aromatic rings. The van der Waals surface area contributed by atoms with Gasteiger partial charge in [0.25, 0.3) is 0 Å². The first-order valence-electron chi connectivity index (χ1n) is 5.64. The van der Waals surface area contributed by atoms with Crippen LogP contribution in [0.15, 0.2) is 0 Å². The molecule has 0 amide bonds. The lowest BCUT2D eigenvalue weighted by Gasteiger charge is -2.20. The molecule has 4 heteroatoms. The summed E-state index contributed by atoms with van der Waals surface area (Å²) in [5.74, 6) is 0. The molecule has 0 aliphatic rings. The summed E-state index contributed by atoms with van der Waals surface area (Å²) in [7, 11) is 0. The van der Waals surface area contributed by atoms with Gasteiger partial charge in [-0.3, -0.25) is 0 Å². The van der Waals surface area contributed by atoms with Gasteiger partial charge in [-0.1, -0.05) is 0 Å². The van der Waals surface area contributed by atoms with Crippen LogP contribution in [-0.2, 0) is 0 Å². The van der Waals surface area contributed by atoms with Crippen LogP contribution in [0, 0.1) is 29.2 Å². The molecule has 0 fully saturated rings. The summed E-state index contributed by atoms with van der Waals surface area (Å²) in [5, 5.41) is 16.9. The highest BCUT2D eigenvalue weighted by molar-refractivity contribution is 4.73. The maximum Gasteiger partial charge on any atom is 0.215 e. The summed E-state index contributed by atoms with van der Waals surface area (Å²) < 4.78 is 0. The molecule has 4 nitrogen and oxygen atoms in total. The van der Waals surface area contributed by atoms with Gasteiger partial charge in [0.15, 0.2) is 0 Å². The van der Waals surface area contributed by atoms with Gasteiger partial charge in [-0.2, -0.15) is 10.5 Å². The van der Waals surface area contributed by atoms with E-state index in [4.69, 9.17) is 17.1 Å². The van der Waals surface area contributed by atoms with Crippen molar-refractivity contribution >= 4 is 0 Å². The fourth-order valence-corrected chi connectivity index (χ4v) is 1.47. The fraction of sp³-hybridized carbons (Fsp3) is 0.750. The molecule has 0 saturated heterocycles. The van der Waals surface area contributed by atoms with Gasteiger partial charge >= 0.3 is 0 Å². The minimum Gasteiger partial charge on any atom is -0.317 e. The van der Waals surface area contributed by atoms with Crippen LogP contribution in [0.3, 0.4) is 0 Å². The van der Waals surface area contributed by atoms with E-state index in [1.54, 1.807) is 0 Å². The van der Waals surface area contributed by atoms with Crippen LogP contribution in [0.2, 0.25) is 0 Å². The van der Waals surface area contributed by atoms with Crippen LogP contribution in [0.25, 0.3) is 4.85 Å². The molecule has 86 valence electrons. The number of hydrogen-bond acceptors (Lipinski definition) is 3. The Kier molecular flexibility index (Phi) is 10.4. The van der Waals surface area contributed by atoms with Crippen molar-refractivity contribution in [3.8, 4) is 12.1 Å². The van der Waals surface area contributed by atoms with Crippen molar-refractivity contribution in [3.63, 3.8) is 0 Å². The fourth-order valence-electron chi connectivity index (χ4n) is 1.47. The second-order valence-electron chi connectivity index (χ2n) is 3.60. The van der Waals surface area contributed by atoms with Gasteiger partial charge in [0.1, 0.15) is 0 Å². The summed E-state index contributed by atoms with van der Waals surface area (Å²) in [6.45, 7) is 9.97. The highest BCUT2D eigenvalue weighted by Gasteiger charge is 2.04. The van der Waals surface area contributed by atoms with Crippen molar-refractivity contribution in [2.24, 2.45) is 0 Å². The topological polar surface area (TPSA) is 55.2 Å². The smallest absolute Gasteiger partial charge is 0.215 e. The van der Waals surface area contributed by atoms with Crippen molar-refractivity contribution in [2.75, 3.05) is 26.2 Å². The van der Waals surface area contributed by atoms with E-state index >= 15 is 0 Å². The highest BCUT2D eigenvalue weighted by atomic mass is 15.1. The predicted molar refractivity (Wildman–Crippen MR) is 62.2 cm³/mol. The second-order valence-corrected chi connectivity index (χ2v) is 3.60. The SMILES string of the molecule is [C-]#[N+]CCCN(CCCC#N)CCCC#N. The molecule has 0 heterocycles. The molecule has 0 spiro atoms. The maximum absolute atomic E-state index is 8.46. The van der Waals surface area contributed by atoms with Crippen LogP contribution >= 0.6 is 0 Å². The molecule has 0 aromatic carbocycles. The lowest BCUT2D eigenvalue weighted by molar-refractivity contribution is 0.269. The first kappa shape index (κ1) is 14.4. The Hall–Kier alpha value is -1.57. The Morgan fingerprint density at radius 1 is 0.938 bits per heavy atom. The number of rotatable bonds is 9. The summed E-state index contributed by atoms with van der Waals surface area (Å²) >= 11 is 0. The number of nitriles is 2. The Labute approximate surface area is 97.9 Å². The van der Waals surface area contributed by atoms with Gasteiger partial charge in [0.05, 0.1) is 12.1 Å². The van der Waals surface area contributed by atoms with Gasteiger partial charge in [0, 0.05) is 25.8 Å². The lowest BCUT2D eigenvalue weighted by Crippen LogP contribution is -2.27. The third-order valence-electron chi connectivity index (χ3n) is 2.27. The molecule has 0 aromatic heterocycles. The maximum atomic E-state index is 8.46. The molecule has 0 radical (unpaired) electrons. The minimum absolute atomic E-state index is 0.562. The molecular weight excluding hydrogens is 200 g/mol. The zero-order valence-electron chi connectivity index (χ0n) is 9.65. The molecule has 0 N–H and O–H groups in total. The first-order valence-corrected chi connectivity index (χ1v) is 5.64. The summed E-state index contributed by atoms with van der Waals surface area (Å²) in [5.41, 5.74) is 0. The molecule has 0 saturated carbocycles. The van der Waals surface area contributed by atoms with Gasteiger partial charge in [-0.25, -0.2) is 6.57 Å². The molecule has 0 unspecified atom stereocenters. The Morgan fingerprint density at radius 3 is 1.88 bits per heavy atom. The van der Waals surface area contributed by atoms with E-state index < -0.39 is 0 Å². The van der Waals surface area contributed by atoms with Crippen LogP contribution < -0.4 is 0 Å². The van der Waals surface area contributed by atoms with Crippen molar-refractivity contribution in [1.82, 2.24) is 4.90 Å². The van der Waals surface area contributed by atoms with E-state index in [1.165, 1.54) is 0 Å². The van der Waals surface area contributed by atoms with Crippen molar-refractivity contribution < 1.29 is 0 Å². The average Bonchev–Trinajstić information content (AvgIpc) is 2.29. The van der Waals surface area contributed by atoms with Gasteiger partial charge in [0.2, 0.25) is 6.54 Å².